The number of carbonyl (C=O) groups excluding carboxylic acids is 3. The molecule has 0 bridgehead atoms. The highest BCUT2D eigenvalue weighted by Crippen LogP contribution is 2.14. The molecule has 1 atom stereocenters. The molecule has 0 saturated carbocycles. The van der Waals surface area contributed by atoms with Crippen molar-refractivity contribution in [2.24, 2.45) is 5.92 Å². The third-order valence-electron chi connectivity index (χ3n) is 2.79. The van der Waals surface area contributed by atoms with Crippen LogP contribution < -0.4 is 16.0 Å². The molecule has 3 N–H and O–H groups in total. The summed E-state index contributed by atoms with van der Waals surface area (Å²) < 4.78 is 0.907. The Hall–Kier alpha value is -1.89. The van der Waals surface area contributed by atoms with E-state index in [4.69, 9.17) is 0 Å². The summed E-state index contributed by atoms with van der Waals surface area (Å²) in [5.41, 5.74) is 0.622. The van der Waals surface area contributed by atoms with Gasteiger partial charge in [0, 0.05) is 10.2 Å². The number of carbonyl (C=O) groups is 3. The number of benzene rings is 1. The monoisotopic (exact) mass is 369 g/mol. The van der Waals surface area contributed by atoms with Crippen LogP contribution in [-0.2, 0) is 9.59 Å². The Morgan fingerprint density at radius 1 is 1.23 bits per heavy atom. The van der Waals surface area contributed by atoms with E-state index in [0.717, 1.165) is 4.47 Å². The summed E-state index contributed by atoms with van der Waals surface area (Å²) >= 11 is 3.31. The van der Waals surface area contributed by atoms with Crippen LogP contribution >= 0.6 is 15.9 Å². The standard InChI is InChI=1S/C15H20BrN3O3/c1-10(2)9-13(14(21)17-7-8-20)19-15(22)18-12-5-3-11(16)4-6-12/h3-6,8,10,13H,7,9H2,1-2H3,(H,17,21)(H2,18,19,22). The maximum absolute atomic E-state index is 12.0. The van der Waals surface area contributed by atoms with E-state index in [9.17, 15) is 14.4 Å². The van der Waals surface area contributed by atoms with Gasteiger partial charge in [0.2, 0.25) is 5.91 Å². The first-order valence-corrected chi connectivity index (χ1v) is 7.76. The number of hydrogen-bond acceptors (Lipinski definition) is 3. The van der Waals surface area contributed by atoms with Gasteiger partial charge in [-0.3, -0.25) is 4.79 Å². The van der Waals surface area contributed by atoms with E-state index in [2.05, 4.69) is 31.9 Å². The van der Waals surface area contributed by atoms with Gasteiger partial charge >= 0.3 is 6.03 Å². The van der Waals surface area contributed by atoms with E-state index in [-0.39, 0.29) is 18.4 Å². The minimum atomic E-state index is -0.685. The van der Waals surface area contributed by atoms with Crippen molar-refractivity contribution in [3.63, 3.8) is 0 Å². The first kappa shape index (κ1) is 18.2. The molecule has 0 aromatic heterocycles. The number of nitrogens with one attached hydrogen (secondary N) is 3. The fourth-order valence-electron chi connectivity index (χ4n) is 1.83. The van der Waals surface area contributed by atoms with E-state index in [1.807, 2.05) is 13.8 Å². The Morgan fingerprint density at radius 3 is 2.41 bits per heavy atom. The van der Waals surface area contributed by atoms with Crippen LogP contribution in [0.15, 0.2) is 28.7 Å². The summed E-state index contributed by atoms with van der Waals surface area (Å²) in [6.45, 7) is 3.84. The molecule has 0 fully saturated rings. The highest BCUT2D eigenvalue weighted by Gasteiger charge is 2.21. The molecule has 7 heteroatoms. The summed E-state index contributed by atoms with van der Waals surface area (Å²) in [7, 11) is 0. The Bertz CT molecular complexity index is 517. The lowest BCUT2D eigenvalue weighted by atomic mass is 10.0. The Morgan fingerprint density at radius 2 is 1.86 bits per heavy atom. The van der Waals surface area contributed by atoms with Crippen LogP contribution in [0.2, 0.25) is 0 Å². The van der Waals surface area contributed by atoms with E-state index in [0.29, 0.717) is 18.4 Å². The molecule has 0 spiro atoms. The van der Waals surface area contributed by atoms with Gasteiger partial charge in [0.1, 0.15) is 12.3 Å². The van der Waals surface area contributed by atoms with Gasteiger partial charge in [0.15, 0.2) is 0 Å². The van der Waals surface area contributed by atoms with Crippen LogP contribution in [0.3, 0.4) is 0 Å². The van der Waals surface area contributed by atoms with Crippen LogP contribution in [0.4, 0.5) is 10.5 Å². The van der Waals surface area contributed by atoms with Crippen molar-refractivity contribution in [3.8, 4) is 0 Å². The van der Waals surface area contributed by atoms with E-state index in [1.54, 1.807) is 24.3 Å². The van der Waals surface area contributed by atoms with Crippen molar-refractivity contribution in [3.05, 3.63) is 28.7 Å². The van der Waals surface area contributed by atoms with E-state index >= 15 is 0 Å². The maximum Gasteiger partial charge on any atom is 0.319 e. The highest BCUT2D eigenvalue weighted by molar-refractivity contribution is 9.10. The average Bonchev–Trinajstić information content (AvgIpc) is 2.46. The van der Waals surface area contributed by atoms with E-state index in [1.165, 1.54) is 0 Å². The molecule has 6 nitrogen and oxygen atoms in total. The Labute approximate surface area is 138 Å². The molecule has 1 unspecified atom stereocenters. The number of halogens is 1. The van der Waals surface area contributed by atoms with Gasteiger partial charge in [-0.1, -0.05) is 29.8 Å². The number of rotatable bonds is 7. The largest absolute Gasteiger partial charge is 0.348 e. The topological polar surface area (TPSA) is 87.3 Å². The van der Waals surface area contributed by atoms with Gasteiger partial charge in [-0.25, -0.2) is 4.79 Å². The third kappa shape index (κ3) is 6.71. The predicted octanol–water partition coefficient (Wildman–Crippen LogP) is 2.30. The zero-order chi connectivity index (χ0) is 16.5. The third-order valence-corrected chi connectivity index (χ3v) is 3.32. The molecule has 0 aliphatic rings. The number of aldehydes is 1. The number of hydrogen-bond donors (Lipinski definition) is 3. The van der Waals surface area contributed by atoms with Crippen molar-refractivity contribution in [2.45, 2.75) is 26.3 Å². The van der Waals surface area contributed by atoms with Crippen LogP contribution in [-0.4, -0.2) is 30.8 Å². The molecule has 120 valence electrons. The lowest BCUT2D eigenvalue weighted by Crippen LogP contribution is -2.49. The number of anilines is 1. The molecule has 0 saturated heterocycles. The second kappa shape index (κ2) is 9.19. The predicted molar refractivity (Wildman–Crippen MR) is 88.6 cm³/mol. The molecule has 0 radical (unpaired) electrons. The minimum Gasteiger partial charge on any atom is -0.348 e. The van der Waals surface area contributed by atoms with Crippen LogP contribution in [0.5, 0.6) is 0 Å². The second-order valence-electron chi connectivity index (χ2n) is 5.20. The van der Waals surface area contributed by atoms with Gasteiger partial charge in [-0.2, -0.15) is 0 Å². The lowest BCUT2D eigenvalue weighted by molar-refractivity contribution is -0.124. The first-order valence-electron chi connectivity index (χ1n) is 6.96. The summed E-state index contributed by atoms with van der Waals surface area (Å²) in [5.74, 6) is -0.147. The van der Waals surface area contributed by atoms with Crippen LogP contribution in [0.1, 0.15) is 20.3 Å². The maximum atomic E-state index is 12.0. The zero-order valence-corrected chi connectivity index (χ0v) is 14.1. The normalized spacial score (nSPS) is 11.6. The SMILES string of the molecule is CC(C)CC(NC(=O)Nc1ccc(Br)cc1)C(=O)NCC=O. The molecule has 1 aromatic rings. The van der Waals surface area contributed by atoms with Crippen molar-refractivity contribution in [1.82, 2.24) is 10.6 Å². The molecule has 1 rings (SSSR count). The molecule has 1 aromatic carbocycles. The fraction of sp³-hybridized carbons (Fsp3) is 0.400. The average molecular weight is 370 g/mol. The summed E-state index contributed by atoms with van der Waals surface area (Å²) in [4.78, 5) is 34.3. The molecule has 0 heterocycles. The number of urea groups is 1. The van der Waals surface area contributed by atoms with Crippen molar-refractivity contribution in [1.29, 1.82) is 0 Å². The first-order chi connectivity index (χ1) is 10.4. The second-order valence-corrected chi connectivity index (χ2v) is 6.11. The fourth-order valence-corrected chi connectivity index (χ4v) is 2.09. The molecule has 22 heavy (non-hydrogen) atoms. The molecular formula is C15H20BrN3O3. The summed E-state index contributed by atoms with van der Waals surface area (Å²) in [6, 6.07) is 5.95. The van der Waals surface area contributed by atoms with Gasteiger partial charge in [-0.15, -0.1) is 0 Å². The zero-order valence-electron chi connectivity index (χ0n) is 12.6. The molecular weight excluding hydrogens is 350 g/mol. The van der Waals surface area contributed by atoms with Gasteiger partial charge < -0.3 is 20.7 Å². The van der Waals surface area contributed by atoms with Crippen LogP contribution in [0, 0.1) is 5.92 Å². The number of amides is 3. The highest BCUT2D eigenvalue weighted by atomic mass is 79.9. The molecule has 0 aliphatic heterocycles. The van der Waals surface area contributed by atoms with Crippen LogP contribution in [0.25, 0.3) is 0 Å². The summed E-state index contributed by atoms with van der Waals surface area (Å²) in [5, 5.41) is 7.75. The van der Waals surface area contributed by atoms with Crippen molar-refractivity contribution < 1.29 is 14.4 Å². The van der Waals surface area contributed by atoms with Gasteiger partial charge in [0.05, 0.1) is 6.54 Å². The van der Waals surface area contributed by atoms with E-state index < -0.39 is 12.1 Å². The summed E-state index contributed by atoms with van der Waals surface area (Å²) in [6.07, 6.45) is 1.09. The minimum absolute atomic E-state index is 0.0660. The Balaban J connectivity index is 2.63. The van der Waals surface area contributed by atoms with Crippen molar-refractivity contribution >= 4 is 39.8 Å². The van der Waals surface area contributed by atoms with Crippen molar-refractivity contribution in [2.75, 3.05) is 11.9 Å². The smallest absolute Gasteiger partial charge is 0.319 e. The van der Waals surface area contributed by atoms with Gasteiger partial charge in [0.25, 0.3) is 0 Å². The molecule has 3 amide bonds. The Kier molecular flexibility index (Phi) is 7.59. The lowest BCUT2D eigenvalue weighted by Gasteiger charge is -2.20. The molecule has 0 aliphatic carbocycles. The van der Waals surface area contributed by atoms with Gasteiger partial charge in [-0.05, 0) is 36.6 Å². The quantitative estimate of drug-likeness (QED) is 0.644.